The number of thiocarbonyl (C=S) groups is 1. The molecule has 5 heteroatoms. The third-order valence-electron chi connectivity index (χ3n) is 2.46. The maximum absolute atomic E-state index is 12.2. The summed E-state index contributed by atoms with van der Waals surface area (Å²) in [5.74, 6) is 1.90. The number of thioether (sulfide) groups is 1. The summed E-state index contributed by atoms with van der Waals surface area (Å²) in [6.45, 7) is 6.68. The molecule has 0 unspecified atom stereocenters. The highest BCUT2D eigenvalue weighted by molar-refractivity contribution is 8.26. The molecule has 0 atom stereocenters. The van der Waals surface area contributed by atoms with Crippen LogP contribution in [0.5, 0.6) is 0 Å². The van der Waals surface area contributed by atoms with E-state index in [1.54, 1.807) is 11.0 Å². The standard InChI is InChI=1S/C13H15NO2S2/c1-8(2)7-14-12(15)11(18-13(14)17)6-10-5-4-9(3)16-10/h4-6,8H,7H2,1-3H3/b11-6-. The second kappa shape index (κ2) is 5.28. The summed E-state index contributed by atoms with van der Waals surface area (Å²) < 4.78 is 6.07. The van der Waals surface area contributed by atoms with Gasteiger partial charge in [0.2, 0.25) is 0 Å². The van der Waals surface area contributed by atoms with Crippen molar-refractivity contribution in [3.8, 4) is 0 Å². The summed E-state index contributed by atoms with van der Waals surface area (Å²) in [6, 6.07) is 3.73. The lowest BCUT2D eigenvalue weighted by atomic mass is 10.2. The average molecular weight is 281 g/mol. The molecule has 0 radical (unpaired) electrons. The number of carbonyl (C=O) groups is 1. The number of rotatable bonds is 3. The molecule has 96 valence electrons. The molecule has 1 aromatic heterocycles. The van der Waals surface area contributed by atoms with Gasteiger partial charge in [0.25, 0.3) is 5.91 Å². The lowest BCUT2D eigenvalue weighted by molar-refractivity contribution is -0.122. The van der Waals surface area contributed by atoms with Gasteiger partial charge in [0.1, 0.15) is 15.8 Å². The number of carbonyl (C=O) groups excluding carboxylic acids is 1. The van der Waals surface area contributed by atoms with Crippen LogP contribution in [0.2, 0.25) is 0 Å². The van der Waals surface area contributed by atoms with E-state index in [0.29, 0.717) is 27.4 Å². The first kappa shape index (κ1) is 13.4. The Hall–Kier alpha value is -1.07. The van der Waals surface area contributed by atoms with Gasteiger partial charge in [0.05, 0.1) is 4.91 Å². The highest BCUT2D eigenvalue weighted by Gasteiger charge is 2.32. The van der Waals surface area contributed by atoms with Crippen molar-refractivity contribution in [2.45, 2.75) is 20.8 Å². The summed E-state index contributed by atoms with van der Waals surface area (Å²) >= 11 is 6.57. The van der Waals surface area contributed by atoms with Crippen molar-refractivity contribution in [2.24, 2.45) is 5.92 Å². The quantitative estimate of drug-likeness (QED) is 0.627. The van der Waals surface area contributed by atoms with Crippen molar-refractivity contribution in [1.82, 2.24) is 4.90 Å². The predicted octanol–water partition coefficient (Wildman–Crippen LogP) is 3.45. The Morgan fingerprint density at radius 3 is 2.78 bits per heavy atom. The number of hydrogen-bond donors (Lipinski definition) is 0. The highest BCUT2D eigenvalue weighted by atomic mass is 32.2. The molecule has 0 aromatic carbocycles. The van der Waals surface area contributed by atoms with Crippen molar-refractivity contribution in [3.63, 3.8) is 0 Å². The Morgan fingerprint density at radius 2 is 2.22 bits per heavy atom. The SMILES string of the molecule is Cc1ccc(/C=C2\SC(=S)N(CC(C)C)C2=O)o1. The lowest BCUT2D eigenvalue weighted by Gasteiger charge is -2.16. The molecule has 1 amide bonds. The van der Waals surface area contributed by atoms with Crippen molar-refractivity contribution in [3.05, 3.63) is 28.6 Å². The molecular formula is C13H15NO2S2. The Labute approximate surface area is 116 Å². The van der Waals surface area contributed by atoms with Crippen molar-refractivity contribution >= 4 is 40.3 Å². The molecule has 0 spiro atoms. The smallest absolute Gasteiger partial charge is 0.266 e. The summed E-state index contributed by atoms with van der Waals surface area (Å²) in [4.78, 5) is 14.5. The summed E-state index contributed by atoms with van der Waals surface area (Å²) in [7, 11) is 0. The van der Waals surface area contributed by atoms with Gasteiger partial charge in [-0.3, -0.25) is 9.69 Å². The van der Waals surface area contributed by atoms with Crippen LogP contribution >= 0.6 is 24.0 Å². The summed E-state index contributed by atoms with van der Waals surface area (Å²) in [5.41, 5.74) is 0. The fraction of sp³-hybridized carbons (Fsp3) is 0.385. The van der Waals surface area contributed by atoms with E-state index in [-0.39, 0.29) is 5.91 Å². The van der Waals surface area contributed by atoms with Gasteiger partial charge in [-0.05, 0) is 25.0 Å². The van der Waals surface area contributed by atoms with Crippen LogP contribution < -0.4 is 0 Å². The van der Waals surface area contributed by atoms with Crippen LogP contribution in [0.3, 0.4) is 0 Å². The normalized spacial score (nSPS) is 18.4. The van der Waals surface area contributed by atoms with E-state index in [1.165, 1.54) is 11.8 Å². The van der Waals surface area contributed by atoms with Crippen LogP contribution in [0.1, 0.15) is 25.4 Å². The molecule has 0 bridgehead atoms. The first-order valence-electron chi connectivity index (χ1n) is 5.79. The maximum Gasteiger partial charge on any atom is 0.266 e. The second-order valence-electron chi connectivity index (χ2n) is 4.63. The lowest BCUT2D eigenvalue weighted by Crippen LogP contribution is -2.31. The predicted molar refractivity (Wildman–Crippen MR) is 78.2 cm³/mol. The van der Waals surface area contributed by atoms with Crippen molar-refractivity contribution < 1.29 is 9.21 Å². The zero-order valence-electron chi connectivity index (χ0n) is 10.6. The van der Waals surface area contributed by atoms with E-state index in [9.17, 15) is 4.79 Å². The van der Waals surface area contributed by atoms with Gasteiger partial charge >= 0.3 is 0 Å². The van der Waals surface area contributed by atoms with E-state index in [1.807, 2.05) is 19.1 Å². The highest BCUT2D eigenvalue weighted by Crippen LogP contribution is 2.33. The Bertz CT molecular complexity index is 517. The topological polar surface area (TPSA) is 33.5 Å². The fourth-order valence-electron chi connectivity index (χ4n) is 1.68. The van der Waals surface area contributed by atoms with E-state index >= 15 is 0 Å². The van der Waals surface area contributed by atoms with Gasteiger partial charge in [-0.15, -0.1) is 0 Å². The zero-order valence-corrected chi connectivity index (χ0v) is 12.2. The molecule has 1 saturated heterocycles. The maximum atomic E-state index is 12.2. The molecule has 0 aliphatic carbocycles. The largest absolute Gasteiger partial charge is 0.462 e. The van der Waals surface area contributed by atoms with Gasteiger partial charge in [0.15, 0.2) is 0 Å². The van der Waals surface area contributed by atoms with Gasteiger partial charge in [-0.25, -0.2) is 0 Å². The number of nitrogens with zero attached hydrogens (tertiary/aromatic N) is 1. The van der Waals surface area contributed by atoms with Gasteiger partial charge in [-0.2, -0.15) is 0 Å². The van der Waals surface area contributed by atoms with Crippen LogP contribution in [0, 0.1) is 12.8 Å². The Kier molecular flexibility index (Phi) is 3.92. The first-order valence-corrected chi connectivity index (χ1v) is 7.01. The molecule has 1 fully saturated rings. The number of amides is 1. The van der Waals surface area contributed by atoms with E-state index in [2.05, 4.69) is 13.8 Å². The Morgan fingerprint density at radius 1 is 1.50 bits per heavy atom. The average Bonchev–Trinajstić information content (AvgIpc) is 2.78. The summed E-state index contributed by atoms with van der Waals surface area (Å²) in [6.07, 6.45) is 1.76. The molecule has 18 heavy (non-hydrogen) atoms. The fourth-order valence-corrected chi connectivity index (χ4v) is 2.94. The van der Waals surface area contributed by atoms with E-state index in [0.717, 1.165) is 5.76 Å². The monoisotopic (exact) mass is 281 g/mol. The third kappa shape index (κ3) is 2.84. The minimum atomic E-state index is -0.0206. The Balaban J connectivity index is 2.19. The van der Waals surface area contributed by atoms with Gasteiger partial charge in [0, 0.05) is 12.6 Å². The van der Waals surface area contributed by atoms with Crippen LogP contribution in [-0.2, 0) is 4.79 Å². The molecule has 2 rings (SSSR count). The first-order chi connectivity index (χ1) is 8.47. The van der Waals surface area contributed by atoms with E-state index in [4.69, 9.17) is 16.6 Å². The number of furan rings is 1. The molecule has 0 saturated carbocycles. The van der Waals surface area contributed by atoms with Crippen LogP contribution in [0.25, 0.3) is 6.08 Å². The van der Waals surface area contributed by atoms with Crippen LogP contribution in [-0.4, -0.2) is 21.7 Å². The van der Waals surface area contributed by atoms with Crippen LogP contribution in [0.15, 0.2) is 21.5 Å². The zero-order chi connectivity index (χ0) is 13.3. The number of aryl methyl sites for hydroxylation is 1. The van der Waals surface area contributed by atoms with Gasteiger partial charge < -0.3 is 4.42 Å². The molecule has 1 aliphatic rings. The van der Waals surface area contributed by atoms with Crippen molar-refractivity contribution in [1.29, 1.82) is 0 Å². The molecule has 0 N–H and O–H groups in total. The molecular weight excluding hydrogens is 266 g/mol. The second-order valence-corrected chi connectivity index (χ2v) is 6.31. The molecule has 3 nitrogen and oxygen atoms in total. The summed E-state index contributed by atoms with van der Waals surface area (Å²) in [5, 5.41) is 0. The minimum absolute atomic E-state index is 0.0206. The molecule has 1 aliphatic heterocycles. The van der Waals surface area contributed by atoms with Crippen LogP contribution in [0.4, 0.5) is 0 Å². The van der Waals surface area contributed by atoms with Gasteiger partial charge in [-0.1, -0.05) is 37.8 Å². The number of hydrogen-bond acceptors (Lipinski definition) is 4. The third-order valence-corrected chi connectivity index (χ3v) is 3.83. The molecule has 2 heterocycles. The van der Waals surface area contributed by atoms with Crippen molar-refractivity contribution in [2.75, 3.05) is 6.54 Å². The van der Waals surface area contributed by atoms with E-state index < -0.39 is 0 Å². The minimum Gasteiger partial charge on any atom is -0.462 e. The molecule has 1 aromatic rings.